The third-order valence-corrected chi connectivity index (χ3v) is 6.86. The molecule has 29 heavy (non-hydrogen) atoms. The molecule has 2 aromatic carbocycles. The number of hydrogen-bond acceptors (Lipinski definition) is 5. The highest BCUT2D eigenvalue weighted by atomic mass is 35.5. The van der Waals surface area contributed by atoms with Crippen LogP contribution in [0.15, 0.2) is 52.3 Å². The maximum atomic E-state index is 11.6. The van der Waals surface area contributed by atoms with Crippen LogP contribution in [0.5, 0.6) is 0 Å². The number of carbonyl (C=O) groups is 1. The lowest BCUT2D eigenvalue weighted by Crippen LogP contribution is -2.41. The van der Waals surface area contributed by atoms with Crippen LogP contribution in [0.4, 0.5) is 11.4 Å². The number of hydrogen-bond donors (Lipinski definition) is 0. The smallest absolute Gasteiger partial charge is 0.305 e. The molecular formula is C23H27ClN2O2S. The van der Waals surface area contributed by atoms with E-state index in [-0.39, 0.29) is 12.1 Å². The van der Waals surface area contributed by atoms with Crippen LogP contribution < -0.4 is 4.90 Å². The van der Waals surface area contributed by atoms with Gasteiger partial charge in [0.1, 0.15) is 6.10 Å². The van der Waals surface area contributed by atoms with E-state index in [9.17, 15) is 4.79 Å². The lowest BCUT2D eigenvalue weighted by molar-refractivity contribution is -0.151. The zero-order valence-electron chi connectivity index (χ0n) is 16.8. The number of likely N-dealkylation sites (tertiary alicyclic amines) is 1. The second kappa shape index (κ2) is 9.41. The minimum absolute atomic E-state index is 0.0443. The molecule has 6 heteroatoms. The average molecular weight is 431 g/mol. The molecule has 0 spiro atoms. The fourth-order valence-electron chi connectivity index (χ4n) is 4.08. The van der Waals surface area contributed by atoms with E-state index in [1.54, 1.807) is 11.8 Å². The lowest BCUT2D eigenvalue weighted by atomic mass is 10.1. The first-order valence-electron chi connectivity index (χ1n) is 10.4. The van der Waals surface area contributed by atoms with Crippen molar-refractivity contribution in [2.24, 2.45) is 0 Å². The average Bonchev–Trinajstić information content (AvgIpc) is 2.73. The maximum absolute atomic E-state index is 11.6. The molecule has 0 bridgehead atoms. The molecule has 0 aromatic heterocycles. The molecule has 0 radical (unpaired) electrons. The number of benzene rings is 2. The summed E-state index contributed by atoms with van der Waals surface area (Å²) in [5.74, 6) is -0.0900. The minimum atomic E-state index is -0.0900. The fraction of sp³-hybridized carbons (Fsp3) is 0.435. The topological polar surface area (TPSA) is 32.8 Å². The van der Waals surface area contributed by atoms with Gasteiger partial charge in [-0.05, 0) is 62.7 Å². The number of fused-ring (bicyclic) bond motifs is 2. The van der Waals surface area contributed by atoms with Crippen molar-refractivity contribution in [3.63, 3.8) is 0 Å². The highest BCUT2D eigenvalue weighted by Crippen LogP contribution is 2.48. The predicted octanol–water partition coefficient (Wildman–Crippen LogP) is 5.75. The van der Waals surface area contributed by atoms with E-state index < -0.39 is 0 Å². The van der Waals surface area contributed by atoms with Gasteiger partial charge in [0.25, 0.3) is 0 Å². The summed E-state index contributed by atoms with van der Waals surface area (Å²) in [5.41, 5.74) is 2.44. The van der Waals surface area contributed by atoms with Crippen molar-refractivity contribution in [2.45, 2.75) is 48.5 Å². The Bertz CT molecular complexity index is 876. The summed E-state index contributed by atoms with van der Waals surface area (Å²) in [6.45, 7) is 5.71. The molecule has 2 aliphatic rings. The number of carbonyl (C=O) groups excluding carboxylic acids is 1. The van der Waals surface area contributed by atoms with Crippen LogP contribution >= 0.6 is 23.4 Å². The summed E-state index contributed by atoms with van der Waals surface area (Å²) in [6, 6.07) is 14.7. The van der Waals surface area contributed by atoms with E-state index in [1.807, 2.05) is 13.0 Å². The Morgan fingerprint density at radius 1 is 1.17 bits per heavy atom. The first-order valence-corrected chi connectivity index (χ1v) is 11.6. The zero-order valence-corrected chi connectivity index (χ0v) is 18.3. The molecule has 0 saturated carbocycles. The van der Waals surface area contributed by atoms with Gasteiger partial charge < -0.3 is 9.64 Å². The molecular weight excluding hydrogens is 404 g/mol. The van der Waals surface area contributed by atoms with E-state index in [4.69, 9.17) is 16.3 Å². The highest BCUT2D eigenvalue weighted by molar-refractivity contribution is 7.99. The van der Waals surface area contributed by atoms with Gasteiger partial charge in [-0.25, -0.2) is 0 Å². The van der Waals surface area contributed by atoms with Gasteiger partial charge in [0.05, 0.1) is 11.4 Å². The van der Waals surface area contributed by atoms with Crippen molar-refractivity contribution in [1.29, 1.82) is 0 Å². The van der Waals surface area contributed by atoms with Crippen molar-refractivity contribution >= 4 is 40.7 Å². The summed E-state index contributed by atoms with van der Waals surface area (Å²) in [7, 11) is 0. The number of nitrogens with zero attached hydrogens (tertiary/aromatic N) is 2. The van der Waals surface area contributed by atoms with Gasteiger partial charge in [0, 0.05) is 34.3 Å². The SMILES string of the molecule is CCC(=O)OC1CCCN(CCCN2c3ccccc3Sc3ccc(Cl)cc32)C1. The summed E-state index contributed by atoms with van der Waals surface area (Å²) in [5, 5.41) is 0.769. The normalized spacial score (nSPS) is 18.8. The van der Waals surface area contributed by atoms with Crippen molar-refractivity contribution in [1.82, 2.24) is 4.90 Å². The highest BCUT2D eigenvalue weighted by Gasteiger charge is 2.25. The van der Waals surface area contributed by atoms with Crippen LogP contribution in [-0.2, 0) is 9.53 Å². The van der Waals surface area contributed by atoms with Crippen molar-refractivity contribution in [3.05, 3.63) is 47.5 Å². The van der Waals surface area contributed by atoms with Crippen molar-refractivity contribution < 1.29 is 9.53 Å². The Balaban J connectivity index is 1.41. The van der Waals surface area contributed by atoms with Gasteiger partial charge in [-0.2, -0.15) is 0 Å². The van der Waals surface area contributed by atoms with Crippen molar-refractivity contribution in [2.75, 3.05) is 31.1 Å². The molecule has 2 aliphatic heterocycles. The second-order valence-corrected chi connectivity index (χ2v) is 9.12. The van der Waals surface area contributed by atoms with Gasteiger partial charge in [-0.15, -0.1) is 0 Å². The summed E-state index contributed by atoms with van der Waals surface area (Å²) in [4.78, 5) is 19.0. The standard InChI is InChI=1S/C23H27ClN2O2S/c1-2-23(27)28-18-7-5-12-25(16-18)13-6-14-26-19-8-3-4-9-21(19)29-22-11-10-17(24)15-20(22)26/h3-4,8-11,15,18H,2,5-7,12-14,16H2,1H3. The summed E-state index contributed by atoms with van der Waals surface area (Å²) >= 11 is 8.11. The van der Waals surface area contributed by atoms with Crippen LogP contribution in [0.3, 0.4) is 0 Å². The fourth-order valence-corrected chi connectivity index (χ4v) is 5.32. The number of piperidine rings is 1. The number of ether oxygens (including phenoxy) is 1. The predicted molar refractivity (Wildman–Crippen MR) is 119 cm³/mol. The molecule has 2 aromatic rings. The Labute approximate surface area is 182 Å². The third kappa shape index (κ3) is 4.90. The number of esters is 1. The molecule has 1 atom stereocenters. The molecule has 154 valence electrons. The van der Waals surface area contributed by atoms with E-state index in [0.29, 0.717) is 6.42 Å². The van der Waals surface area contributed by atoms with Crippen LogP contribution in [-0.4, -0.2) is 43.2 Å². The molecule has 0 aliphatic carbocycles. The Kier molecular flexibility index (Phi) is 6.68. The maximum Gasteiger partial charge on any atom is 0.305 e. The van der Waals surface area contributed by atoms with E-state index in [2.05, 4.69) is 46.2 Å². The quantitative estimate of drug-likeness (QED) is 0.545. The van der Waals surface area contributed by atoms with Gasteiger partial charge in [0.2, 0.25) is 0 Å². The Hall–Kier alpha value is -1.69. The number of rotatable bonds is 6. The molecule has 1 saturated heterocycles. The van der Waals surface area contributed by atoms with Gasteiger partial charge in [0.15, 0.2) is 0 Å². The van der Waals surface area contributed by atoms with Crippen LogP contribution in [0.1, 0.15) is 32.6 Å². The van der Waals surface area contributed by atoms with E-state index >= 15 is 0 Å². The van der Waals surface area contributed by atoms with Crippen molar-refractivity contribution in [3.8, 4) is 0 Å². The summed E-state index contributed by atoms with van der Waals surface area (Å²) < 4.78 is 5.56. The summed E-state index contributed by atoms with van der Waals surface area (Å²) in [6.07, 6.45) is 3.60. The van der Waals surface area contributed by atoms with E-state index in [0.717, 1.165) is 50.5 Å². The first-order chi connectivity index (χ1) is 14.1. The van der Waals surface area contributed by atoms with Gasteiger partial charge >= 0.3 is 5.97 Å². The molecule has 2 heterocycles. The molecule has 1 unspecified atom stereocenters. The van der Waals surface area contributed by atoms with E-state index in [1.165, 1.54) is 21.2 Å². The van der Waals surface area contributed by atoms with Crippen LogP contribution in [0, 0.1) is 0 Å². The largest absolute Gasteiger partial charge is 0.461 e. The lowest BCUT2D eigenvalue weighted by Gasteiger charge is -2.35. The number of halogens is 1. The molecule has 0 N–H and O–H groups in total. The van der Waals surface area contributed by atoms with Gasteiger partial charge in [-0.3, -0.25) is 9.69 Å². The first kappa shape index (κ1) is 20.6. The third-order valence-electron chi connectivity index (χ3n) is 5.49. The molecule has 0 amide bonds. The Morgan fingerprint density at radius 2 is 2.00 bits per heavy atom. The molecule has 1 fully saturated rings. The second-order valence-electron chi connectivity index (χ2n) is 7.60. The molecule has 4 nitrogen and oxygen atoms in total. The van der Waals surface area contributed by atoms with Crippen LogP contribution in [0.2, 0.25) is 5.02 Å². The van der Waals surface area contributed by atoms with Gasteiger partial charge in [-0.1, -0.05) is 42.4 Å². The number of anilines is 2. The minimum Gasteiger partial charge on any atom is -0.461 e. The number of para-hydroxylation sites is 1. The molecule has 4 rings (SSSR count). The van der Waals surface area contributed by atoms with Crippen LogP contribution in [0.25, 0.3) is 0 Å². The monoisotopic (exact) mass is 430 g/mol. The zero-order chi connectivity index (χ0) is 20.2. The Morgan fingerprint density at radius 3 is 2.86 bits per heavy atom.